The van der Waals surface area contributed by atoms with E-state index in [-0.39, 0.29) is 5.82 Å². The number of benzene rings is 1. The highest BCUT2D eigenvalue weighted by Gasteiger charge is 2.11. The number of aromatic nitrogens is 2. The Morgan fingerprint density at radius 3 is 2.78 bits per heavy atom. The molecule has 0 aliphatic rings. The number of nitrogens with one attached hydrogen (secondary N) is 1. The van der Waals surface area contributed by atoms with Gasteiger partial charge in [0, 0.05) is 11.4 Å². The molecule has 18 heavy (non-hydrogen) atoms. The van der Waals surface area contributed by atoms with E-state index in [1.165, 1.54) is 6.08 Å². The Labute approximate surface area is 101 Å². The van der Waals surface area contributed by atoms with E-state index in [9.17, 15) is 9.36 Å². The molecule has 5 N–H and O–H groups in total. The van der Waals surface area contributed by atoms with Crippen molar-refractivity contribution in [3.05, 3.63) is 35.4 Å². The zero-order chi connectivity index (χ0) is 13.3. The number of primary amides is 1. The van der Waals surface area contributed by atoms with Crippen molar-refractivity contribution in [1.29, 1.82) is 0 Å². The van der Waals surface area contributed by atoms with Gasteiger partial charge in [0.25, 0.3) is 5.91 Å². The average Bonchev–Trinajstić information content (AvgIpc) is 2.69. The first-order chi connectivity index (χ1) is 8.37. The third kappa shape index (κ3) is 2.65. The summed E-state index contributed by atoms with van der Waals surface area (Å²) in [6, 6.07) is 4.98. The van der Waals surface area contributed by atoms with E-state index in [0.29, 0.717) is 16.6 Å². The van der Waals surface area contributed by atoms with Crippen molar-refractivity contribution < 1.29 is 19.1 Å². The van der Waals surface area contributed by atoms with Crippen LogP contribution >= 0.6 is 7.60 Å². The molecule has 1 heterocycles. The number of para-hydroxylation sites is 1. The van der Waals surface area contributed by atoms with Crippen molar-refractivity contribution >= 4 is 30.6 Å². The molecule has 2 rings (SSSR count). The highest BCUT2D eigenvalue weighted by Crippen LogP contribution is 2.37. The summed E-state index contributed by atoms with van der Waals surface area (Å²) < 4.78 is 10.8. The maximum atomic E-state index is 11.0. The minimum atomic E-state index is -4.23. The minimum Gasteiger partial charge on any atom is -0.363 e. The summed E-state index contributed by atoms with van der Waals surface area (Å²) in [5, 5.41) is 0. The Kier molecular flexibility index (Phi) is 3.04. The highest BCUT2D eigenvalue weighted by atomic mass is 31.2. The molecule has 0 radical (unpaired) electrons. The third-order valence-electron chi connectivity index (χ3n) is 2.23. The second kappa shape index (κ2) is 4.38. The number of nitrogens with zero attached hydrogens (tertiary/aromatic N) is 1. The maximum Gasteiger partial charge on any atom is 0.349 e. The molecular formula is C10H10N3O4P. The molecule has 1 amide bonds. The standard InChI is InChI=1S/C10H10N3O4P/c11-9(14)10-12-7-3-1-2-6(8(7)13-10)4-5-18(15,16)17/h1-5H,(H2,11,14)(H,12,13)(H2,15,16,17)/b5-4+. The molecule has 0 spiro atoms. The average molecular weight is 267 g/mol. The summed E-state index contributed by atoms with van der Waals surface area (Å²) in [5.41, 5.74) is 6.57. The molecule has 0 aliphatic carbocycles. The number of hydrogen-bond acceptors (Lipinski definition) is 3. The predicted octanol–water partition coefficient (Wildman–Crippen LogP) is 0.810. The number of aromatic amines is 1. The van der Waals surface area contributed by atoms with Crippen molar-refractivity contribution in [2.24, 2.45) is 5.73 Å². The SMILES string of the molecule is NC(=O)c1nc2c(/C=C/P(=O)(O)O)cccc2[nH]1. The molecule has 94 valence electrons. The normalized spacial score (nSPS) is 12.3. The van der Waals surface area contributed by atoms with Gasteiger partial charge in [-0.1, -0.05) is 12.1 Å². The van der Waals surface area contributed by atoms with Crippen LogP contribution in [0.3, 0.4) is 0 Å². The molecule has 0 atom stereocenters. The lowest BCUT2D eigenvalue weighted by molar-refractivity contribution is 0.0991. The molecule has 0 unspecified atom stereocenters. The predicted molar refractivity (Wildman–Crippen MR) is 65.7 cm³/mol. The lowest BCUT2D eigenvalue weighted by atomic mass is 10.2. The number of amides is 1. The van der Waals surface area contributed by atoms with E-state index in [4.69, 9.17) is 15.5 Å². The molecule has 8 heteroatoms. The van der Waals surface area contributed by atoms with Gasteiger partial charge in [0.05, 0.1) is 11.0 Å². The fraction of sp³-hybridized carbons (Fsp3) is 0. The second-order valence-electron chi connectivity index (χ2n) is 3.60. The topological polar surface area (TPSA) is 129 Å². The lowest BCUT2D eigenvalue weighted by Gasteiger charge is -1.96. The molecule has 1 aromatic carbocycles. The number of imidazole rings is 1. The number of H-pyrrole nitrogens is 1. The molecule has 0 bridgehead atoms. The van der Waals surface area contributed by atoms with Crippen molar-refractivity contribution in [2.45, 2.75) is 0 Å². The molecule has 0 saturated heterocycles. The Balaban J connectivity index is 2.55. The Hall–Kier alpha value is -1.95. The van der Waals surface area contributed by atoms with Crippen LogP contribution < -0.4 is 5.73 Å². The van der Waals surface area contributed by atoms with Gasteiger partial charge in [0.1, 0.15) is 0 Å². The fourth-order valence-electron chi connectivity index (χ4n) is 1.48. The van der Waals surface area contributed by atoms with E-state index in [0.717, 1.165) is 5.82 Å². The van der Waals surface area contributed by atoms with Gasteiger partial charge in [0.2, 0.25) is 0 Å². The van der Waals surface area contributed by atoms with E-state index < -0.39 is 13.5 Å². The van der Waals surface area contributed by atoms with E-state index in [2.05, 4.69) is 9.97 Å². The lowest BCUT2D eigenvalue weighted by Crippen LogP contribution is -2.12. The van der Waals surface area contributed by atoms with Crippen molar-refractivity contribution in [3.8, 4) is 0 Å². The first kappa shape index (κ1) is 12.5. The summed E-state index contributed by atoms with van der Waals surface area (Å²) in [4.78, 5) is 35.2. The van der Waals surface area contributed by atoms with Gasteiger partial charge in [-0.3, -0.25) is 9.36 Å². The quantitative estimate of drug-likeness (QED) is 0.611. The van der Waals surface area contributed by atoms with E-state index in [1.807, 2.05) is 0 Å². The van der Waals surface area contributed by atoms with Gasteiger partial charge in [-0.25, -0.2) is 4.98 Å². The fourth-order valence-corrected chi connectivity index (χ4v) is 1.84. The molecule has 0 fully saturated rings. The first-order valence-corrected chi connectivity index (χ1v) is 6.58. The van der Waals surface area contributed by atoms with Crippen LogP contribution in [0.4, 0.5) is 0 Å². The van der Waals surface area contributed by atoms with Crippen LogP contribution in [-0.2, 0) is 4.57 Å². The van der Waals surface area contributed by atoms with E-state index >= 15 is 0 Å². The van der Waals surface area contributed by atoms with Crippen molar-refractivity contribution in [1.82, 2.24) is 9.97 Å². The Morgan fingerprint density at radius 1 is 1.44 bits per heavy atom. The minimum absolute atomic E-state index is 0.00188. The molecule has 1 aromatic heterocycles. The van der Waals surface area contributed by atoms with E-state index in [1.54, 1.807) is 18.2 Å². The highest BCUT2D eigenvalue weighted by molar-refractivity contribution is 7.55. The van der Waals surface area contributed by atoms with Gasteiger partial charge in [0.15, 0.2) is 5.82 Å². The number of rotatable bonds is 3. The molecular weight excluding hydrogens is 257 g/mol. The summed E-state index contributed by atoms with van der Waals surface area (Å²) >= 11 is 0. The molecule has 0 aliphatic heterocycles. The third-order valence-corrected chi connectivity index (χ3v) is 2.76. The van der Waals surface area contributed by atoms with Gasteiger partial charge >= 0.3 is 7.60 Å². The Morgan fingerprint density at radius 2 is 2.17 bits per heavy atom. The smallest absolute Gasteiger partial charge is 0.349 e. The molecule has 0 saturated carbocycles. The maximum absolute atomic E-state index is 11.0. The van der Waals surface area contributed by atoms with Crippen LogP contribution in [0.2, 0.25) is 0 Å². The van der Waals surface area contributed by atoms with Crippen LogP contribution in [0, 0.1) is 0 Å². The van der Waals surface area contributed by atoms with Crippen molar-refractivity contribution in [3.63, 3.8) is 0 Å². The van der Waals surface area contributed by atoms with Crippen LogP contribution in [0.5, 0.6) is 0 Å². The summed E-state index contributed by atoms with van der Waals surface area (Å²) in [6.07, 6.45) is 1.26. The number of nitrogens with two attached hydrogens (primary N) is 1. The van der Waals surface area contributed by atoms with Gasteiger partial charge in [-0.2, -0.15) is 0 Å². The van der Waals surface area contributed by atoms with Crippen LogP contribution in [0.25, 0.3) is 17.1 Å². The van der Waals surface area contributed by atoms with Gasteiger partial charge in [-0.15, -0.1) is 0 Å². The summed E-state index contributed by atoms with van der Waals surface area (Å²) in [7, 11) is -4.23. The van der Waals surface area contributed by atoms with Crippen LogP contribution in [-0.4, -0.2) is 25.7 Å². The largest absolute Gasteiger partial charge is 0.363 e. The Bertz CT molecular complexity index is 685. The molecule has 2 aromatic rings. The first-order valence-electron chi connectivity index (χ1n) is 4.90. The number of carbonyl (C=O) groups excluding carboxylic acids is 1. The number of fused-ring (bicyclic) bond motifs is 1. The summed E-state index contributed by atoms with van der Waals surface area (Å²) in [5.74, 6) is 0.0820. The van der Waals surface area contributed by atoms with Crippen LogP contribution in [0.1, 0.15) is 16.2 Å². The van der Waals surface area contributed by atoms with Crippen LogP contribution in [0.15, 0.2) is 24.0 Å². The van der Waals surface area contributed by atoms with Gasteiger partial charge in [-0.05, 0) is 12.1 Å². The zero-order valence-corrected chi connectivity index (χ0v) is 9.96. The van der Waals surface area contributed by atoms with Gasteiger partial charge < -0.3 is 20.5 Å². The number of hydrogen-bond donors (Lipinski definition) is 4. The second-order valence-corrected chi connectivity index (χ2v) is 5.07. The summed E-state index contributed by atoms with van der Waals surface area (Å²) in [6.45, 7) is 0. The zero-order valence-electron chi connectivity index (χ0n) is 9.07. The number of carbonyl (C=O) groups is 1. The van der Waals surface area contributed by atoms with Crippen molar-refractivity contribution in [2.75, 3.05) is 0 Å². The molecule has 7 nitrogen and oxygen atoms in total. The monoisotopic (exact) mass is 267 g/mol.